The monoisotopic (exact) mass is 175 g/mol. The fourth-order valence-electron chi connectivity index (χ4n) is 1.17. The van der Waals surface area contributed by atoms with Crippen molar-refractivity contribution in [2.45, 2.75) is 6.92 Å². The van der Waals surface area contributed by atoms with Gasteiger partial charge in [-0.25, -0.2) is 4.98 Å². The van der Waals surface area contributed by atoms with E-state index in [1.54, 1.807) is 6.92 Å². The van der Waals surface area contributed by atoms with Crippen molar-refractivity contribution in [3.05, 3.63) is 30.1 Å². The molecule has 0 aliphatic heterocycles. The van der Waals surface area contributed by atoms with Crippen molar-refractivity contribution in [3.8, 4) is 0 Å². The molecule has 0 fully saturated rings. The van der Waals surface area contributed by atoms with Gasteiger partial charge in [-0.05, 0) is 19.1 Å². The first-order valence-electron chi connectivity index (χ1n) is 3.95. The molecule has 4 nitrogen and oxygen atoms in total. The lowest BCUT2D eigenvalue weighted by molar-refractivity contribution is 0.319. The molecule has 0 bridgehead atoms. The Morgan fingerprint density at radius 3 is 2.92 bits per heavy atom. The van der Waals surface area contributed by atoms with Crippen LogP contribution in [-0.2, 0) is 0 Å². The second-order valence-electron chi connectivity index (χ2n) is 2.79. The molecule has 0 spiro atoms. The van der Waals surface area contributed by atoms with E-state index in [0.29, 0.717) is 11.5 Å². The summed E-state index contributed by atoms with van der Waals surface area (Å²) >= 11 is 0. The predicted octanol–water partition coefficient (Wildman–Crippen LogP) is 1.76. The Labute approximate surface area is 74.9 Å². The Morgan fingerprint density at radius 1 is 1.46 bits per heavy atom. The summed E-state index contributed by atoms with van der Waals surface area (Å²) in [5, 5.41) is 11.6. The van der Waals surface area contributed by atoms with Gasteiger partial charge in [0, 0.05) is 0 Å². The number of oxime groups is 1. The molecule has 1 heterocycles. The molecule has 66 valence electrons. The fourth-order valence-corrected chi connectivity index (χ4v) is 1.17. The Morgan fingerprint density at radius 2 is 2.23 bits per heavy atom. The van der Waals surface area contributed by atoms with Crippen molar-refractivity contribution in [1.29, 1.82) is 0 Å². The van der Waals surface area contributed by atoms with E-state index in [0.717, 1.165) is 11.0 Å². The third kappa shape index (κ3) is 1.26. The molecule has 1 aromatic carbocycles. The van der Waals surface area contributed by atoms with Gasteiger partial charge in [-0.3, -0.25) is 0 Å². The maximum absolute atomic E-state index is 8.54. The van der Waals surface area contributed by atoms with Gasteiger partial charge in [-0.1, -0.05) is 17.3 Å². The fraction of sp³-hybridized carbons (Fsp3) is 0.111. The lowest BCUT2D eigenvalue weighted by Crippen LogP contribution is -1.96. The van der Waals surface area contributed by atoms with Crippen LogP contribution in [0.4, 0.5) is 0 Å². The van der Waals surface area contributed by atoms with Crippen LogP contribution in [0.2, 0.25) is 0 Å². The van der Waals surface area contributed by atoms with Gasteiger partial charge < -0.3 is 10.2 Å². The first-order valence-corrected chi connectivity index (χ1v) is 3.95. The number of hydrogen-bond acceptors (Lipinski definition) is 3. The summed E-state index contributed by atoms with van der Waals surface area (Å²) in [5.41, 5.74) is 2.30. The van der Waals surface area contributed by atoms with E-state index in [4.69, 9.17) is 5.21 Å². The number of fused-ring (bicyclic) bond motifs is 1. The number of nitrogens with one attached hydrogen (secondary N) is 1. The largest absolute Gasteiger partial charge is 0.411 e. The predicted molar refractivity (Wildman–Crippen MR) is 50.1 cm³/mol. The molecule has 13 heavy (non-hydrogen) atoms. The van der Waals surface area contributed by atoms with Gasteiger partial charge in [-0.15, -0.1) is 0 Å². The van der Waals surface area contributed by atoms with E-state index < -0.39 is 0 Å². The van der Waals surface area contributed by atoms with Gasteiger partial charge in [0.15, 0.2) is 5.82 Å². The van der Waals surface area contributed by atoms with E-state index in [2.05, 4.69) is 15.1 Å². The number of para-hydroxylation sites is 2. The molecule has 2 rings (SSSR count). The van der Waals surface area contributed by atoms with Crippen LogP contribution in [0.5, 0.6) is 0 Å². The summed E-state index contributed by atoms with van der Waals surface area (Å²) in [7, 11) is 0. The van der Waals surface area contributed by atoms with Gasteiger partial charge in [0.1, 0.15) is 5.71 Å². The van der Waals surface area contributed by atoms with Gasteiger partial charge in [-0.2, -0.15) is 0 Å². The molecule has 0 atom stereocenters. The highest BCUT2D eigenvalue weighted by atomic mass is 16.4. The molecular formula is C9H9N3O. The van der Waals surface area contributed by atoms with Crippen LogP contribution in [0.1, 0.15) is 12.7 Å². The van der Waals surface area contributed by atoms with E-state index in [9.17, 15) is 0 Å². The topological polar surface area (TPSA) is 61.3 Å². The summed E-state index contributed by atoms with van der Waals surface area (Å²) < 4.78 is 0. The molecule has 0 unspecified atom stereocenters. The van der Waals surface area contributed by atoms with Crippen molar-refractivity contribution in [2.24, 2.45) is 5.16 Å². The van der Waals surface area contributed by atoms with Crippen LogP contribution in [0.25, 0.3) is 11.0 Å². The Kier molecular flexibility index (Phi) is 1.73. The van der Waals surface area contributed by atoms with Crippen molar-refractivity contribution < 1.29 is 5.21 Å². The number of hydrogen-bond donors (Lipinski definition) is 2. The lowest BCUT2D eigenvalue weighted by atomic mass is 10.3. The van der Waals surface area contributed by atoms with E-state index in [1.807, 2.05) is 24.3 Å². The van der Waals surface area contributed by atoms with Crippen LogP contribution < -0.4 is 0 Å². The summed E-state index contributed by atoms with van der Waals surface area (Å²) in [6.07, 6.45) is 0. The third-order valence-corrected chi connectivity index (χ3v) is 1.88. The SMILES string of the molecule is C/C(=N/O)c1nc2ccccc2[nH]1. The number of imidazole rings is 1. The van der Waals surface area contributed by atoms with Crippen LogP contribution in [0.3, 0.4) is 0 Å². The Hall–Kier alpha value is -1.84. The molecule has 2 N–H and O–H groups in total. The number of nitrogens with zero attached hydrogens (tertiary/aromatic N) is 2. The minimum absolute atomic E-state index is 0.483. The smallest absolute Gasteiger partial charge is 0.156 e. The summed E-state index contributed by atoms with van der Waals surface area (Å²) in [5.74, 6) is 0.601. The highest BCUT2D eigenvalue weighted by molar-refractivity contribution is 5.97. The molecule has 0 saturated heterocycles. The molecule has 4 heteroatoms. The van der Waals surface area contributed by atoms with Crippen molar-refractivity contribution >= 4 is 16.7 Å². The van der Waals surface area contributed by atoms with Crippen molar-refractivity contribution in [2.75, 3.05) is 0 Å². The number of aromatic amines is 1. The molecule has 0 radical (unpaired) electrons. The second-order valence-corrected chi connectivity index (χ2v) is 2.79. The maximum atomic E-state index is 8.54. The highest BCUT2D eigenvalue weighted by Crippen LogP contribution is 2.10. The standard InChI is InChI=1S/C9H9N3O/c1-6(12-13)9-10-7-4-2-3-5-8(7)11-9/h2-5,13H,1H3,(H,10,11)/b12-6-. The van der Waals surface area contributed by atoms with Crippen LogP contribution in [-0.4, -0.2) is 20.9 Å². The molecule has 0 aliphatic carbocycles. The summed E-state index contributed by atoms with van der Waals surface area (Å²) in [6.45, 7) is 1.69. The normalized spacial score (nSPS) is 12.2. The molecule has 2 aromatic rings. The first kappa shape index (κ1) is 7.79. The quantitative estimate of drug-likeness (QED) is 0.394. The molecular weight excluding hydrogens is 166 g/mol. The molecule has 0 aliphatic rings. The maximum Gasteiger partial charge on any atom is 0.156 e. The van der Waals surface area contributed by atoms with Gasteiger partial charge >= 0.3 is 0 Å². The third-order valence-electron chi connectivity index (χ3n) is 1.88. The summed E-state index contributed by atoms with van der Waals surface area (Å²) in [6, 6.07) is 7.67. The van der Waals surface area contributed by atoms with Crippen molar-refractivity contribution in [3.63, 3.8) is 0 Å². The molecule has 1 aromatic heterocycles. The van der Waals surface area contributed by atoms with Gasteiger partial charge in [0.2, 0.25) is 0 Å². The minimum Gasteiger partial charge on any atom is -0.411 e. The van der Waals surface area contributed by atoms with Crippen LogP contribution >= 0.6 is 0 Å². The minimum atomic E-state index is 0.483. The zero-order valence-corrected chi connectivity index (χ0v) is 7.15. The average Bonchev–Trinajstić information content (AvgIpc) is 2.59. The Bertz CT molecular complexity index is 426. The van der Waals surface area contributed by atoms with Gasteiger partial charge in [0.05, 0.1) is 11.0 Å². The number of aromatic nitrogens is 2. The average molecular weight is 175 g/mol. The van der Waals surface area contributed by atoms with E-state index in [-0.39, 0.29) is 0 Å². The van der Waals surface area contributed by atoms with Crippen LogP contribution in [0.15, 0.2) is 29.4 Å². The zero-order chi connectivity index (χ0) is 9.26. The molecule has 0 saturated carbocycles. The first-order chi connectivity index (χ1) is 6.31. The molecule has 0 amide bonds. The van der Waals surface area contributed by atoms with Gasteiger partial charge in [0.25, 0.3) is 0 Å². The zero-order valence-electron chi connectivity index (χ0n) is 7.15. The summed E-state index contributed by atoms with van der Waals surface area (Å²) in [4.78, 5) is 7.28. The van der Waals surface area contributed by atoms with E-state index in [1.165, 1.54) is 0 Å². The lowest BCUT2D eigenvalue weighted by Gasteiger charge is -1.87. The number of benzene rings is 1. The van der Waals surface area contributed by atoms with Crippen LogP contribution in [0, 0.1) is 0 Å². The van der Waals surface area contributed by atoms with Crippen molar-refractivity contribution in [1.82, 2.24) is 9.97 Å². The number of H-pyrrole nitrogens is 1. The Balaban J connectivity index is 2.62. The second kappa shape index (κ2) is 2.90. The van der Waals surface area contributed by atoms with E-state index >= 15 is 0 Å². The number of rotatable bonds is 1. The highest BCUT2D eigenvalue weighted by Gasteiger charge is 2.03.